The lowest BCUT2D eigenvalue weighted by atomic mass is 10.1. The van der Waals surface area contributed by atoms with E-state index in [2.05, 4.69) is 15.4 Å². The standard InChI is InChI=1S/C23H27N5O3/c1-28-21-18(20(27-28)23(29)24-12-5-13-30-2)7-4-6-16-14-25-22(26-19(16)21)15-8-10-17(31-3)11-9-15/h8-11,14H,4-7,12-13H2,1-3H3,(H,24,29). The van der Waals surface area contributed by atoms with Crippen molar-refractivity contribution in [2.45, 2.75) is 25.7 Å². The molecule has 1 aliphatic rings. The molecule has 0 saturated carbocycles. The molecule has 4 rings (SSSR count). The number of hydrogen-bond donors (Lipinski definition) is 1. The number of nitrogens with zero attached hydrogens (tertiary/aromatic N) is 4. The van der Waals surface area contributed by atoms with E-state index in [4.69, 9.17) is 14.5 Å². The van der Waals surface area contributed by atoms with E-state index in [1.54, 1.807) is 18.9 Å². The summed E-state index contributed by atoms with van der Waals surface area (Å²) in [7, 11) is 5.16. The highest BCUT2D eigenvalue weighted by Crippen LogP contribution is 2.33. The van der Waals surface area contributed by atoms with Crippen LogP contribution < -0.4 is 10.1 Å². The third-order valence-corrected chi connectivity index (χ3v) is 5.48. The van der Waals surface area contributed by atoms with E-state index in [1.807, 2.05) is 37.5 Å². The Morgan fingerprint density at radius 2 is 2.00 bits per heavy atom. The topological polar surface area (TPSA) is 91.2 Å². The molecule has 0 radical (unpaired) electrons. The number of hydrogen-bond acceptors (Lipinski definition) is 6. The summed E-state index contributed by atoms with van der Waals surface area (Å²) in [5, 5.41) is 7.50. The summed E-state index contributed by atoms with van der Waals surface area (Å²) >= 11 is 0. The molecule has 0 fully saturated rings. The van der Waals surface area contributed by atoms with Crippen molar-refractivity contribution >= 4 is 5.91 Å². The number of benzene rings is 1. The fourth-order valence-electron chi connectivity index (χ4n) is 3.91. The number of carbonyl (C=O) groups is 1. The van der Waals surface area contributed by atoms with Gasteiger partial charge < -0.3 is 14.8 Å². The van der Waals surface area contributed by atoms with Crippen LogP contribution in [0.15, 0.2) is 30.5 Å². The lowest BCUT2D eigenvalue weighted by Crippen LogP contribution is -2.26. The van der Waals surface area contributed by atoms with Gasteiger partial charge in [-0.3, -0.25) is 9.48 Å². The fraction of sp³-hybridized carbons (Fsp3) is 0.391. The van der Waals surface area contributed by atoms with Crippen molar-refractivity contribution in [2.75, 3.05) is 27.4 Å². The van der Waals surface area contributed by atoms with Gasteiger partial charge in [0.05, 0.1) is 18.5 Å². The Balaban J connectivity index is 1.69. The first-order chi connectivity index (χ1) is 15.1. The molecular formula is C23H27N5O3. The molecule has 0 unspecified atom stereocenters. The van der Waals surface area contributed by atoms with E-state index < -0.39 is 0 Å². The Bertz CT molecular complexity index is 1080. The van der Waals surface area contributed by atoms with Crippen molar-refractivity contribution in [2.24, 2.45) is 7.05 Å². The predicted molar refractivity (Wildman–Crippen MR) is 117 cm³/mol. The molecule has 0 bridgehead atoms. The van der Waals surface area contributed by atoms with Gasteiger partial charge in [-0.2, -0.15) is 5.10 Å². The van der Waals surface area contributed by atoms with Gasteiger partial charge in [0, 0.05) is 44.6 Å². The first-order valence-electron chi connectivity index (χ1n) is 10.5. The molecule has 1 aliphatic carbocycles. The SMILES string of the molecule is COCCCNC(=O)c1nn(C)c2c1CCCc1cnc(-c3ccc(OC)cc3)nc1-2. The second kappa shape index (κ2) is 9.26. The summed E-state index contributed by atoms with van der Waals surface area (Å²) in [6.07, 6.45) is 5.22. The van der Waals surface area contributed by atoms with Gasteiger partial charge in [0.2, 0.25) is 0 Å². The van der Waals surface area contributed by atoms with Crippen LogP contribution in [-0.2, 0) is 24.6 Å². The van der Waals surface area contributed by atoms with Crippen molar-refractivity contribution in [3.63, 3.8) is 0 Å². The summed E-state index contributed by atoms with van der Waals surface area (Å²) in [5.41, 5.74) is 5.16. The highest BCUT2D eigenvalue weighted by Gasteiger charge is 2.27. The van der Waals surface area contributed by atoms with Gasteiger partial charge in [-0.05, 0) is 55.5 Å². The molecule has 0 aliphatic heterocycles. The monoisotopic (exact) mass is 421 g/mol. The molecule has 0 saturated heterocycles. The summed E-state index contributed by atoms with van der Waals surface area (Å²) < 4.78 is 12.1. The first kappa shape index (κ1) is 21.0. The Morgan fingerprint density at radius 1 is 1.19 bits per heavy atom. The Morgan fingerprint density at radius 3 is 2.74 bits per heavy atom. The summed E-state index contributed by atoms with van der Waals surface area (Å²) in [6, 6.07) is 7.68. The summed E-state index contributed by atoms with van der Waals surface area (Å²) in [5.74, 6) is 1.27. The molecule has 1 aromatic carbocycles. The zero-order chi connectivity index (χ0) is 21.8. The number of amides is 1. The quantitative estimate of drug-likeness (QED) is 0.590. The van der Waals surface area contributed by atoms with Crippen molar-refractivity contribution in [3.05, 3.63) is 47.3 Å². The Labute approximate surface area is 181 Å². The van der Waals surface area contributed by atoms with Crippen molar-refractivity contribution in [3.8, 4) is 28.5 Å². The molecule has 31 heavy (non-hydrogen) atoms. The van der Waals surface area contributed by atoms with Crippen LogP contribution >= 0.6 is 0 Å². The zero-order valence-corrected chi connectivity index (χ0v) is 18.1. The minimum atomic E-state index is -0.152. The Kier molecular flexibility index (Phi) is 6.27. The maximum Gasteiger partial charge on any atom is 0.272 e. The minimum Gasteiger partial charge on any atom is -0.497 e. The number of aromatic nitrogens is 4. The van der Waals surface area contributed by atoms with Crippen LogP contribution in [0, 0.1) is 0 Å². The molecule has 8 nitrogen and oxygen atoms in total. The van der Waals surface area contributed by atoms with Crippen LogP contribution in [0.1, 0.15) is 34.5 Å². The first-order valence-corrected chi connectivity index (χ1v) is 10.5. The summed E-state index contributed by atoms with van der Waals surface area (Å²) in [6.45, 7) is 1.16. The molecule has 2 heterocycles. The third kappa shape index (κ3) is 4.29. The van der Waals surface area contributed by atoms with Crippen LogP contribution in [0.25, 0.3) is 22.8 Å². The van der Waals surface area contributed by atoms with Crippen LogP contribution in [0.5, 0.6) is 5.75 Å². The Hall–Kier alpha value is -3.26. The van der Waals surface area contributed by atoms with E-state index in [0.29, 0.717) is 24.7 Å². The average molecular weight is 422 g/mol. The number of ether oxygens (including phenoxy) is 2. The van der Waals surface area contributed by atoms with E-state index >= 15 is 0 Å². The summed E-state index contributed by atoms with van der Waals surface area (Å²) in [4.78, 5) is 22.3. The lowest BCUT2D eigenvalue weighted by Gasteiger charge is -2.09. The zero-order valence-electron chi connectivity index (χ0n) is 18.1. The van der Waals surface area contributed by atoms with Gasteiger partial charge in [-0.1, -0.05) is 0 Å². The number of methoxy groups -OCH3 is 2. The highest BCUT2D eigenvalue weighted by atomic mass is 16.5. The van der Waals surface area contributed by atoms with Crippen molar-refractivity contribution in [1.29, 1.82) is 0 Å². The van der Waals surface area contributed by atoms with E-state index in [0.717, 1.165) is 59.5 Å². The van der Waals surface area contributed by atoms with Crippen LogP contribution in [0.4, 0.5) is 0 Å². The maximum atomic E-state index is 12.8. The third-order valence-electron chi connectivity index (χ3n) is 5.48. The molecule has 8 heteroatoms. The van der Waals surface area contributed by atoms with Crippen LogP contribution in [0.3, 0.4) is 0 Å². The van der Waals surface area contributed by atoms with Gasteiger partial charge in [0.15, 0.2) is 11.5 Å². The molecular weight excluding hydrogens is 394 g/mol. The molecule has 3 aromatic rings. The van der Waals surface area contributed by atoms with Crippen LogP contribution in [0.2, 0.25) is 0 Å². The van der Waals surface area contributed by atoms with Gasteiger partial charge >= 0.3 is 0 Å². The van der Waals surface area contributed by atoms with Crippen LogP contribution in [-0.4, -0.2) is 53.0 Å². The van der Waals surface area contributed by atoms with E-state index in [1.165, 1.54) is 0 Å². The molecule has 0 spiro atoms. The van der Waals surface area contributed by atoms with Gasteiger partial charge in [-0.25, -0.2) is 9.97 Å². The minimum absolute atomic E-state index is 0.152. The molecule has 1 amide bonds. The number of nitrogens with one attached hydrogen (secondary N) is 1. The number of fused-ring (bicyclic) bond motifs is 3. The largest absolute Gasteiger partial charge is 0.497 e. The normalized spacial score (nSPS) is 12.6. The molecule has 162 valence electrons. The molecule has 0 atom stereocenters. The van der Waals surface area contributed by atoms with E-state index in [-0.39, 0.29) is 5.91 Å². The van der Waals surface area contributed by atoms with Gasteiger partial charge in [-0.15, -0.1) is 0 Å². The molecule has 1 N–H and O–H groups in total. The number of aryl methyl sites for hydroxylation is 2. The predicted octanol–water partition coefficient (Wildman–Crippen LogP) is 2.81. The van der Waals surface area contributed by atoms with Gasteiger partial charge in [0.25, 0.3) is 5.91 Å². The fourth-order valence-corrected chi connectivity index (χ4v) is 3.91. The van der Waals surface area contributed by atoms with E-state index in [9.17, 15) is 4.79 Å². The van der Waals surface area contributed by atoms with Gasteiger partial charge in [0.1, 0.15) is 5.75 Å². The lowest BCUT2D eigenvalue weighted by molar-refractivity contribution is 0.0942. The smallest absolute Gasteiger partial charge is 0.272 e. The number of rotatable bonds is 7. The van der Waals surface area contributed by atoms with Crippen molar-refractivity contribution in [1.82, 2.24) is 25.1 Å². The second-order valence-corrected chi connectivity index (χ2v) is 7.55. The maximum absolute atomic E-state index is 12.8. The molecule has 2 aromatic heterocycles. The van der Waals surface area contributed by atoms with Crippen molar-refractivity contribution < 1.29 is 14.3 Å². The second-order valence-electron chi connectivity index (χ2n) is 7.55. The number of carbonyl (C=O) groups excluding carboxylic acids is 1. The average Bonchev–Trinajstić information content (AvgIpc) is 3.00. The highest BCUT2D eigenvalue weighted by molar-refractivity contribution is 5.95.